The first-order valence-electron chi connectivity index (χ1n) is 14.3. The first kappa shape index (κ1) is 31.3. The average Bonchev–Trinajstić information content (AvgIpc) is 3.77. The van der Waals surface area contributed by atoms with Gasteiger partial charge in [-0.3, -0.25) is 4.79 Å². The molecule has 0 spiro atoms. The fraction of sp³-hybridized carbons (Fsp3) is 0.690. The van der Waals surface area contributed by atoms with E-state index in [0.717, 1.165) is 12.8 Å². The van der Waals surface area contributed by atoms with Crippen molar-refractivity contribution in [1.82, 2.24) is 14.7 Å². The molecule has 3 rings (SSSR count). The summed E-state index contributed by atoms with van der Waals surface area (Å²) in [4.78, 5) is 43.4. The fourth-order valence-corrected chi connectivity index (χ4v) is 5.35. The maximum atomic E-state index is 13.8. The standard InChI is InChI=1S/C29H45N3O8/c1-6-39-29(36)30(22-9-10-22)15-14-23-11-12-24(19-31(23)28(34)35)32(20(2)3)27(33)21-8-13-25(38-5)26(18-21)40-17-7-16-37-4/h8,13,18,20,22-24H,6-7,9-12,14-17,19H2,1-5H3,(H,34,35)/t23-,24-/m1/s1. The number of hydrogen-bond acceptors (Lipinski definition) is 7. The van der Waals surface area contributed by atoms with E-state index < -0.39 is 6.09 Å². The van der Waals surface area contributed by atoms with Crippen LogP contribution in [0.15, 0.2) is 18.2 Å². The van der Waals surface area contributed by atoms with Gasteiger partial charge >= 0.3 is 12.2 Å². The van der Waals surface area contributed by atoms with Gasteiger partial charge in [-0.1, -0.05) is 0 Å². The Balaban J connectivity index is 1.71. The van der Waals surface area contributed by atoms with Gasteiger partial charge in [-0.05, 0) is 71.1 Å². The number of methoxy groups -OCH3 is 2. The Labute approximate surface area is 237 Å². The van der Waals surface area contributed by atoms with Gasteiger partial charge in [-0.15, -0.1) is 0 Å². The number of rotatable bonds is 14. The van der Waals surface area contributed by atoms with E-state index in [1.807, 2.05) is 13.8 Å². The number of nitrogens with zero attached hydrogens (tertiary/aromatic N) is 3. The molecule has 0 bridgehead atoms. The number of hydrogen-bond donors (Lipinski definition) is 1. The Hall–Kier alpha value is -3.21. The van der Waals surface area contributed by atoms with Crippen molar-refractivity contribution < 1.29 is 38.4 Å². The zero-order valence-corrected chi connectivity index (χ0v) is 24.5. The van der Waals surface area contributed by atoms with Crippen LogP contribution in [-0.2, 0) is 9.47 Å². The van der Waals surface area contributed by atoms with Crippen molar-refractivity contribution in [2.75, 3.05) is 47.1 Å². The molecule has 2 fully saturated rings. The highest BCUT2D eigenvalue weighted by atomic mass is 16.6. The predicted octanol–water partition coefficient (Wildman–Crippen LogP) is 4.48. The molecule has 2 atom stereocenters. The smallest absolute Gasteiger partial charge is 0.409 e. The second kappa shape index (κ2) is 15.0. The summed E-state index contributed by atoms with van der Waals surface area (Å²) < 4.78 is 21.6. The lowest BCUT2D eigenvalue weighted by Crippen LogP contribution is -2.57. The van der Waals surface area contributed by atoms with Crippen molar-refractivity contribution in [2.45, 2.75) is 83.5 Å². The van der Waals surface area contributed by atoms with E-state index in [0.29, 0.717) is 69.1 Å². The summed E-state index contributed by atoms with van der Waals surface area (Å²) in [5, 5.41) is 10.1. The second-order valence-corrected chi connectivity index (χ2v) is 10.6. The van der Waals surface area contributed by atoms with E-state index in [4.69, 9.17) is 18.9 Å². The lowest BCUT2D eigenvalue weighted by Gasteiger charge is -2.44. The van der Waals surface area contributed by atoms with Gasteiger partial charge in [-0.2, -0.15) is 0 Å². The van der Waals surface area contributed by atoms with Crippen molar-refractivity contribution in [3.8, 4) is 11.5 Å². The van der Waals surface area contributed by atoms with E-state index in [2.05, 4.69) is 0 Å². The third kappa shape index (κ3) is 8.16. The Morgan fingerprint density at radius 1 is 1.05 bits per heavy atom. The van der Waals surface area contributed by atoms with Crippen LogP contribution in [0.25, 0.3) is 0 Å². The first-order valence-corrected chi connectivity index (χ1v) is 14.3. The van der Waals surface area contributed by atoms with Crippen LogP contribution in [0, 0.1) is 0 Å². The minimum absolute atomic E-state index is 0.146. The zero-order valence-electron chi connectivity index (χ0n) is 24.5. The topological polar surface area (TPSA) is 118 Å². The molecule has 0 aromatic heterocycles. The number of carboxylic acid groups (broad SMARTS) is 1. The van der Waals surface area contributed by atoms with Gasteiger partial charge in [0.2, 0.25) is 0 Å². The molecule has 11 heteroatoms. The third-order valence-corrected chi connectivity index (χ3v) is 7.47. The van der Waals surface area contributed by atoms with Crippen molar-refractivity contribution >= 4 is 18.1 Å². The molecule has 1 aromatic rings. The van der Waals surface area contributed by atoms with Gasteiger partial charge < -0.3 is 38.8 Å². The number of likely N-dealkylation sites (tertiary alicyclic amines) is 1. The molecule has 1 N–H and O–H groups in total. The van der Waals surface area contributed by atoms with Crippen LogP contribution < -0.4 is 9.47 Å². The molecular weight excluding hydrogens is 518 g/mol. The minimum Gasteiger partial charge on any atom is -0.493 e. The summed E-state index contributed by atoms with van der Waals surface area (Å²) in [5.74, 6) is 0.826. The number of benzene rings is 1. The van der Waals surface area contributed by atoms with E-state index in [-0.39, 0.29) is 42.7 Å². The largest absolute Gasteiger partial charge is 0.493 e. The lowest BCUT2D eigenvalue weighted by molar-refractivity contribution is 0.0299. The van der Waals surface area contributed by atoms with Crippen LogP contribution in [0.1, 0.15) is 69.7 Å². The normalized spacial score (nSPS) is 18.8. The number of carbonyl (C=O) groups is 3. The van der Waals surface area contributed by atoms with Gasteiger partial charge in [0.05, 0.1) is 26.4 Å². The number of amides is 3. The summed E-state index contributed by atoms with van der Waals surface area (Å²) in [6.45, 7) is 7.61. The molecule has 0 unspecified atom stereocenters. The Morgan fingerprint density at radius 3 is 2.38 bits per heavy atom. The maximum Gasteiger partial charge on any atom is 0.409 e. The monoisotopic (exact) mass is 563 g/mol. The maximum absolute atomic E-state index is 13.8. The summed E-state index contributed by atoms with van der Waals surface area (Å²) >= 11 is 0. The summed E-state index contributed by atoms with van der Waals surface area (Å²) in [7, 11) is 3.18. The van der Waals surface area contributed by atoms with Gasteiger partial charge in [0.25, 0.3) is 5.91 Å². The van der Waals surface area contributed by atoms with Gasteiger partial charge in [0, 0.05) is 56.9 Å². The second-order valence-electron chi connectivity index (χ2n) is 10.6. The Morgan fingerprint density at radius 2 is 1.77 bits per heavy atom. The number of carbonyl (C=O) groups excluding carboxylic acids is 2. The molecule has 3 amide bonds. The van der Waals surface area contributed by atoms with Crippen LogP contribution in [0.5, 0.6) is 11.5 Å². The molecule has 224 valence electrons. The molecule has 1 aliphatic heterocycles. The Kier molecular flexibility index (Phi) is 11.7. The van der Waals surface area contributed by atoms with Crippen molar-refractivity contribution in [3.63, 3.8) is 0 Å². The quantitative estimate of drug-likeness (QED) is 0.329. The molecule has 1 aliphatic carbocycles. The average molecular weight is 564 g/mol. The summed E-state index contributed by atoms with van der Waals surface area (Å²) in [6, 6.07) is 4.63. The van der Waals surface area contributed by atoms with Gasteiger partial charge in [0.15, 0.2) is 11.5 Å². The van der Waals surface area contributed by atoms with E-state index in [1.165, 1.54) is 4.90 Å². The third-order valence-electron chi connectivity index (χ3n) is 7.47. The highest BCUT2D eigenvalue weighted by Crippen LogP contribution is 2.32. The number of ether oxygens (including phenoxy) is 4. The highest BCUT2D eigenvalue weighted by Gasteiger charge is 2.39. The van der Waals surface area contributed by atoms with Crippen LogP contribution in [0.4, 0.5) is 9.59 Å². The first-order chi connectivity index (χ1) is 19.2. The molecular formula is C29H45N3O8. The van der Waals surface area contributed by atoms with Crippen LogP contribution in [-0.4, -0.2) is 109 Å². The molecule has 1 saturated carbocycles. The van der Waals surface area contributed by atoms with Crippen LogP contribution in [0.2, 0.25) is 0 Å². The SMILES string of the molecule is CCOC(=O)N(CC[C@H]1CC[C@@H](N(C(=O)c2ccc(OC)c(OCCCOC)c2)C(C)C)CN1C(=O)O)C1CC1. The van der Waals surface area contributed by atoms with Crippen molar-refractivity contribution in [3.05, 3.63) is 23.8 Å². The molecule has 40 heavy (non-hydrogen) atoms. The van der Waals surface area contributed by atoms with E-state index >= 15 is 0 Å². The van der Waals surface area contributed by atoms with Gasteiger partial charge in [-0.25, -0.2) is 9.59 Å². The fourth-order valence-electron chi connectivity index (χ4n) is 5.35. The van der Waals surface area contributed by atoms with Crippen molar-refractivity contribution in [1.29, 1.82) is 0 Å². The Bertz CT molecular complexity index is 999. The predicted molar refractivity (Wildman–Crippen MR) is 149 cm³/mol. The number of piperidine rings is 1. The molecule has 11 nitrogen and oxygen atoms in total. The van der Waals surface area contributed by atoms with E-state index in [1.54, 1.807) is 49.1 Å². The zero-order chi connectivity index (χ0) is 29.2. The molecule has 0 radical (unpaired) electrons. The van der Waals surface area contributed by atoms with Crippen LogP contribution >= 0.6 is 0 Å². The molecule has 1 saturated heterocycles. The van der Waals surface area contributed by atoms with Gasteiger partial charge in [0.1, 0.15) is 0 Å². The molecule has 1 heterocycles. The summed E-state index contributed by atoms with van der Waals surface area (Å²) in [5.41, 5.74) is 0.453. The summed E-state index contributed by atoms with van der Waals surface area (Å²) in [6.07, 6.45) is 3.04. The lowest BCUT2D eigenvalue weighted by atomic mass is 9.93. The van der Waals surface area contributed by atoms with Crippen molar-refractivity contribution in [2.24, 2.45) is 0 Å². The highest BCUT2D eigenvalue weighted by molar-refractivity contribution is 5.95. The van der Waals surface area contributed by atoms with Crippen LogP contribution in [0.3, 0.4) is 0 Å². The minimum atomic E-state index is -1.02. The molecule has 2 aliphatic rings. The molecule has 1 aromatic carbocycles. The van der Waals surface area contributed by atoms with E-state index in [9.17, 15) is 19.5 Å².